The Morgan fingerprint density at radius 3 is 2.49 bits per heavy atom. The van der Waals surface area contributed by atoms with Crippen molar-refractivity contribution in [2.45, 2.75) is 39.0 Å². The maximum Gasteiger partial charge on any atom is 0.267 e. The number of benzene rings is 1. The lowest BCUT2D eigenvalue weighted by Gasteiger charge is -2.23. The highest BCUT2D eigenvalue weighted by atomic mass is 32.2. The van der Waals surface area contributed by atoms with E-state index in [1.807, 2.05) is 43.3 Å². The molecule has 5 rings (SSSR count). The molecule has 1 amide bonds. The molecule has 7 nitrogen and oxygen atoms in total. The van der Waals surface area contributed by atoms with E-state index in [0.29, 0.717) is 39.2 Å². The number of carbonyl (C=O) groups is 1. The van der Waals surface area contributed by atoms with Crippen LogP contribution in [0, 0.1) is 6.92 Å². The van der Waals surface area contributed by atoms with E-state index in [1.165, 1.54) is 24.6 Å². The molecule has 1 aromatic carbocycles. The van der Waals surface area contributed by atoms with Crippen LogP contribution in [0.25, 0.3) is 11.7 Å². The fraction of sp³-hybridized carbons (Fsp3) is 0.357. The van der Waals surface area contributed by atoms with E-state index in [9.17, 15) is 9.59 Å². The number of pyridine rings is 1. The van der Waals surface area contributed by atoms with Crippen LogP contribution in [-0.4, -0.2) is 51.3 Å². The molecule has 0 spiro atoms. The van der Waals surface area contributed by atoms with Crippen LogP contribution in [0.4, 0.5) is 5.82 Å². The highest BCUT2D eigenvalue weighted by Gasteiger charge is 2.32. The molecule has 9 heteroatoms. The monoisotopic (exact) mass is 534 g/mol. The summed E-state index contributed by atoms with van der Waals surface area (Å²) in [5.74, 6) is 1.28. The van der Waals surface area contributed by atoms with Crippen molar-refractivity contribution < 1.29 is 9.53 Å². The Kier molecular flexibility index (Phi) is 7.62. The standard InChI is InChI=1S/C28H30N4O3S2/c1-19-7-12-24-29-25(30-14-5-3-4-6-15-30)22(26(33)32(24)18-19)17-23-27(34)31(28(36)37-23)16-13-20-8-10-21(35-2)11-9-20/h7-12,17-18H,3-6,13-16H2,1-2H3. The molecular formula is C28H30N4O3S2. The maximum atomic E-state index is 13.7. The van der Waals surface area contributed by atoms with Gasteiger partial charge in [-0.2, -0.15) is 0 Å². The summed E-state index contributed by atoms with van der Waals surface area (Å²) in [6, 6.07) is 11.6. The lowest BCUT2D eigenvalue weighted by Crippen LogP contribution is -2.31. The topological polar surface area (TPSA) is 67.2 Å². The molecule has 2 fully saturated rings. The van der Waals surface area contributed by atoms with Gasteiger partial charge in [0.15, 0.2) is 0 Å². The zero-order valence-corrected chi connectivity index (χ0v) is 22.7. The van der Waals surface area contributed by atoms with Crippen molar-refractivity contribution >= 4 is 51.7 Å². The molecule has 0 bridgehead atoms. The fourth-order valence-electron chi connectivity index (χ4n) is 4.75. The summed E-state index contributed by atoms with van der Waals surface area (Å²) in [4.78, 5) is 36.3. The first-order chi connectivity index (χ1) is 17.9. The van der Waals surface area contributed by atoms with Gasteiger partial charge >= 0.3 is 0 Å². The number of thiocarbonyl (C=S) groups is 1. The molecule has 2 aromatic heterocycles. The van der Waals surface area contributed by atoms with Crippen LogP contribution in [0.5, 0.6) is 5.75 Å². The molecule has 4 heterocycles. The molecule has 0 saturated carbocycles. The predicted octanol–water partition coefficient (Wildman–Crippen LogP) is 4.84. The summed E-state index contributed by atoms with van der Waals surface area (Å²) < 4.78 is 7.30. The van der Waals surface area contributed by atoms with Crippen molar-refractivity contribution in [2.24, 2.45) is 0 Å². The predicted molar refractivity (Wildman–Crippen MR) is 153 cm³/mol. The van der Waals surface area contributed by atoms with Crippen LogP contribution in [0.1, 0.15) is 42.4 Å². The number of rotatable bonds is 6. The Labute approximate surface area is 226 Å². The SMILES string of the molecule is COc1ccc(CCN2C(=O)C(=Cc3c(N4CCCCCC4)nc4ccc(C)cn4c3=O)SC2=S)cc1. The van der Waals surface area contributed by atoms with Crippen molar-refractivity contribution in [3.05, 3.63) is 74.5 Å². The van der Waals surface area contributed by atoms with E-state index in [-0.39, 0.29) is 11.5 Å². The van der Waals surface area contributed by atoms with Gasteiger partial charge in [-0.25, -0.2) is 4.98 Å². The number of aryl methyl sites for hydroxylation is 1. The van der Waals surface area contributed by atoms with E-state index in [4.69, 9.17) is 21.9 Å². The number of ether oxygens (including phenoxy) is 1. The summed E-state index contributed by atoms with van der Waals surface area (Å²) >= 11 is 6.82. The van der Waals surface area contributed by atoms with Crippen LogP contribution in [0.15, 0.2) is 52.3 Å². The zero-order chi connectivity index (χ0) is 25.9. The highest BCUT2D eigenvalue weighted by Crippen LogP contribution is 2.34. The molecular weight excluding hydrogens is 504 g/mol. The summed E-state index contributed by atoms with van der Waals surface area (Å²) in [5, 5.41) is 0. The summed E-state index contributed by atoms with van der Waals surface area (Å²) in [6.07, 6.45) is 8.63. The first kappa shape index (κ1) is 25.5. The molecule has 2 aliphatic rings. The number of nitrogens with zero attached hydrogens (tertiary/aromatic N) is 4. The number of anilines is 1. The Morgan fingerprint density at radius 2 is 1.78 bits per heavy atom. The third-order valence-electron chi connectivity index (χ3n) is 6.82. The number of carbonyl (C=O) groups excluding carboxylic acids is 1. The maximum absolute atomic E-state index is 13.7. The van der Waals surface area contributed by atoms with Gasteiger partial charge in [-0.15, -0.1) is 0 Å². The van der Waals surface area contributed by atoms with Crippen LogP contribution < -0.4 is 15.2 Å². The number of methoxy groups -OCH3 is 1. The Morgan fingerprint density at radius 1 is 1.05 bits per heavy atom. The van der Waals surface area contributed by atoms with Gasteiger partial charge in [0, 0.05) is 25.8 Å². The Bertz CT molecular complexity index is 1420. The third kappa shape index (κ3) is 5.43. The molecule has 0 unspecified atom stereocenters. The first-order valence-corrected chi connectivity index (χ1v) is 13.8. The number of hydrogen-bond acceptors (Lipinski definition) is 7. The molecule has 2 saturated heterocycles. The Balaban J connectivity index is 1.48. The van der Waals surface area contributed by atoms with E-state index >= 15 is 0 Å². The average molecular weight is 535 g/mol. The van der Waals surface area contributed by atoms with E-state index in [0.717, 1.165) is 42.8 Å². The molecule has 37 heavy (non-hydrogen) atoms. The third-order valence-corrected chi connectivity index (χ3v) is 8.20. The van der Waals surface area contributed by atoms with Crippen molar-refractivity contribution in [3.63, 3.8) is 0 Å². The minimum atomic E-state index is -0.170. The first-order valence-electron chi connectivity index (χ1n) is 12.6. The summed E-state index contributed by atoms with van der Waals surface area (Å²) in [5.41, 5.74) is 2.94. The van der Waals surface area contributed by atoms with Crippen LogP contribution in [0.3, 0.4) is 0 Å². The molecule has 0 atom stereocenters. The largest absolute Gasteiger partial charge is 0.497 e. The number of amides is 1. The van der Waals surface area contributed by atoms with Gasteiger partial charge in [0.05, 0.1) is 17.6 Å². The number of hydrogen-bond donors (Lipinski definition) is 0. The number of fused-ring (bicyclic) bond motifs is 1. The van der Waals surface area contributed by atoms with Gasteiger partial charge < -0.3 is 9.64 Å². The molecule has 0 aliphatic carbocycles. The average Bonchev–Trinajstić information content (AvgIpc) is 3.07. The fourth-order valence-corrected chi connectivity index (χ4v) is 6.04. The smallest absolute Gasteiger partial charge is 0.267 e. The van der Waals surface area contributed by atoms with Crippen molar-refractivity contribution in [1.82, 2.24) is 14.3 Å². The molecule has 192 valence electrons. The van der Waals surface area contributed by atoms with Crippen LogP contribution in [0.2, 0.25) is 0 Å². The summed E-state index contributed by atoms with van der Waals surface area (Å²) in [7, 11) is 1.64. The Hall–Kier alpha value is -3.17. The number of thioether (sulfide) groups is 1. The minimum Gasteiger partial charge on any atom is -0.497 e. The molecule has 3 aromatic rings. The zero-order valence-electron chi connectivity index (χ0n) is 21.1. The quantitative estimate of drug-likeness (QED) is 0.331. The normalized spacial score (nSPS) is 17.6. The number of aromatic nitrogens is 2. The second-order valence-corrected chi connectivity index (χ2v) is 11.1. The van der Waals surface area contributed by atoms with Gasteiger partial charge in [-0.1, -0.05) is 55.0 Å². The second-order valence-electron chi connectivity index (χ2n) is 9.42. The van der Waals surface area contributed by atoms with Crippen molar-refractivity contribution in [1.29, 1.82) is 0 Å². The summed E-state index contributed by atoms with van der Waals surface area (Å²) in [6.45, 7) is 4.11. The van der Waals surface area contributed by atoms with E-state index < -0.39 is 0 Å². The van der Waals surface area contributed by atoms with E-state index in [1.54, 1.807) is 28.7 Å². The van der Waals surface area contributed by atoms with Gasteiger partial charge in [0.25, 0.3) is 11.5 Å². The van der Waals surface area contributed by atoms with Gasteiger partial charge in [0.1, 0.15) is 21.5 Å². The molecule has 0 radical (unpaired) electrons. The lowest BCUT2D eigenvalue weighted by molar-refractivity contribution is -0.122. The highest BCUT2D eigenvalue weighted by molar-refractivity contribution is 8.26. The van der Waals surface area contributed by atoms with Gasteiger partial charge in [-0.05, 0) is 61.6 Å². The van der Waals surface area contributed by atoms with Crippen LogP contribution in [-0.2, 0) is 11.2 Å². The van der Waals surface area contributed by atoms with Gasteiger partial charge in [-0.3, -0.25) is 18.9 Å². The molecule has 2 aliphatic heterocycles. The van der Waals surface area contributed by atoms with Crippen LogP contribution >= 0.6 is 24.0 Å². The molecule has 0 N–H and O–H groups in total. The minimum absolute atomic E-state index is 0.168. The van der Waals surface area contributed by atoms with Crippen molar-refractivity contribution in [2.75, 3.05) is 31.6 Å². The lowest BCUT2D eigenvalue weighted by atomic mass is 10.1. The second kappa shape index (κ2) is 11.1. The van der Waals surface area contributed by atoms with Crippen molar-refractivity contribution in [3.8, 4) is 5.75 Å². The van der Waals surface area contributed by atoms with Gasteiger partial charge in [0.2, 0.25) is 0 Å². The van der Waals surface area contributed by atoms with E-state index in [2.05, 4.69) is 4.90 Å².